The van der Waals surface area contributed by atoms with E-state index < -0.39 is 0 Å². The minimum Gasteiger partial charge on any atom is -0.463 e. The summed E-state index contributed by atoms with van der Waals surface area (Å²) in [7, 11) is 0. The molecule has 0 bridgehead atoms. The van der Waals surface area contributed by atoms with Crippen molar-refractivity contribution in [2.45, 2.75) is 19.4 Å². The van der Waals surface area contributed by atoms with Crippen LogP contribution in [0.25, 0.3) is 0 Å². The number of esters is 1. The van der Waals surface area contributed by atoms with E-state index in [1.165, 1.54) is 0 Å². The first-order valence-corrected chi connectivity index (χ1v) is 4.98. The van der Waals surface area contributed by atoms with E-state index in [4.69, 9.17) is 4.74 Å². The molecule has 1 atom stereocenters. The first kappa shape index (κ1) is 11.7. The second kappa shape index (κ2) is 5.50. The van der Waals surface area contributed by atoms with Crippen molar-refractivity contribution < 1.29 is 14.3 Å². The molecule has 1 aliphatic rings. The maximum absolute atomic E-state index is 11.2. The van der Waals surface area contributed by atoms with Gasteiger partial charge in [0.15, 0.2) is 0 Å². The van der Waals surface area contributed by atoms with Gasteiger partial charge in [-0.15, -0.1) is 0 Å². The van der Waals surface area contributed by atoms with Crippen LogP contribution in [-0.4, -0.2) is 37.6 Å². The second-order valence-corrected chi connectivity index (χ2v) is 3.41. The van der Waals surface area contributed by atoms with Crippen molar-refractivity contribution in [1.82, 2.24) is 10.6 Å². The number of rotatable bonds is 5. The van der Waals surface area contributed by atoms with Crippen molar-refractivity contribution in [2.24, 2.45) is 0 Å². The standard InChI is InChI=1S/C10H16N2O3/c1-3-15-10(14)7(2)5-11-8-4-9(13)12-6-8/h8,11H,2-6H2,1H3,(H,12,13). The van der Waals surface area contributed by atoms with Gasteiger partial charge in [-0.2, -0.15) is 0 Å². The van der Waals surface area contributed by atoms with Gasteiger partial charge in [0.05, 0.1) is 6.61 Å². The number of ether oxygens (including phenoxy) is 1. The third-order valence-corrected chi connectivity index (χ3v) is 2.15. The molecule has 5 heteroatoms. The van der Waals surface area contributed by atoms with Crippen molar-refractivity contribution in [1.29, 1.82) is 0 Å². The van der Waals surface area contributed by atoms with E-state index in [1.807, 2.05) is 0 Å². The topological polar surface area (TPSA) is 67.4 Å². The average molecular weight is 212 g/mol. The Hall–Kier alpha value is -1.36. The third kappa shape index (κ3) is 3.71. The molecule has 1 heterocycles. The van der Waals surface area contributed by atoms with Gasteiger partial charge in [-0.05, 0) is 6.92 Å². The van der Waals surface area contributed by atoms with E-state index in [0.717, 1.165) is 0 Å². The lowest BCUT2D eigenvalue weighted by molar-refractivity contribution is -0.138. The van der Waals surface area contributed by atoms with Crippen LogP contribution in [0.1, 0.15) is 13.3 Å². The summed E-state index contributed by atoms with van der Waals surface area (Å²) in [5.74, 6) is -0.350. The molecule has 0 aromatic carbocycles. The van der Waals surface area contributed by atoms with Crippen LogP contribution in [0.5, 0.6) is 0 Å². The first-order chi connectivity index (χ1) is 7.13. The molecule has 0 spiro atoms. The molecule has 1 fully saturated rings. The highest BCUT2D eigenvalue weighted by Crippen LogP contribution is 2.00. The highest BCUT2D eigenvalue weighted by Gasteiger charge is 2.21. The number of nitrogens with one attached hydrogen (secondary N) is 2. The Balaban J connectivity index is 2.22. The molecule has 0 radical (unpaired) electrons. The zero-order valence-electron chi connectivity index (χ0n) is 8.84. The van der Waals surface area contributed by atoms with Gasteiger partial charge >= 0.3 is 5.97 Å². The Morgan fingerprint density at radius 1 is 1.73 bits per heavy atom. The van der Waals surface area contributed by atoms with Crippen LogP contribution < -0.4 is 10.6 Å². The van der Waals surface area contributed by atoms with E-state index in [1.54, 1.807) is 6.92 Å². The minimum atomic E-state index is -0.387. The van der Waals surface area contributed by atoms with Crippen LogP contribution in [-0.2, 0) is 14.3 Å². The van der Waals surface area contributed by atoms with Gasteiger partial charge in [-0.3, -0.25) is 4.79 Å². The largest absolute Gasteiger partial charge is 0.463 e. The summed E-state index contributed by atoms with van der Waals surface area (Å²) in [6.45, 7) is 6.67. The van der Waals surface area contributed by atoms with Crippen molar-refractivity contribution in [3.8, 4) is 0 Å². The lowest BCUT2D eigenvalue weighted by Gasteiger charge is -2.11. The summed E-state index contributed by atoms with van der Waals surface area (Å²) >= 11 is 0. The van der Waals surface area contributed by atoms with Gasteiger partial charge in [0.2, 0.25) is 5.91 Å². The highest BCUT2D eigenvalue weighted by molar-refractivity contribution is 5.88. The Labute approximate surface area is 88.9 Å². The van der Waals surface area contributed by atoms with Crippen LogP contribution in [0.3, 0.4) is 0 Å². The predicted octanol–water partition coefficient (Wildman–Crippen LogP) is -0.416. The number of amides is 1. The molecule has 2 N–H and O–H groups in total. The average Bonchev–Trinajstić information content (AvgIpc) is 2.61. The molecular formula is C10H16N2O3. The van der Waals surface area contributed by atoms with Crippen LogP contribution in [0, 0.1) is 0 Å². The Bertz CT molecular complexity index is 276. The van der Waals surface area contributed by atoms with Crippen molar-refractivity contribution in [3.63, 3.8) is 0 Å². The lowest BCUT2D eigenvalue weighted by Crippen LogP contribution is -2.33. The molecule has 0 aliphatic carbocycles. The monoisotopic (exact) mass is 212 g/mol. The predicted molar refractivity (Wildman–Crippen MR) is 55.2 cm³/mol. The van der Waals surface area contributed by atoms with Gasteiger partial charge in [-0.1, -0.05) is 6.58 Å². The van der Waals surface area contributed by atoms with Crippen molar-refractivity contribution >= 4 is 11.9 Å². The number of carbonyl (C=O) groups excluding carboxylic acids is 2. The Morgan fingerprint density at radius 3 is 3.00 bits per heavy atom. The maximum Gasteiger partial charge on any atom is 0.334 e. The molecule has 1 saturated heterocycles. The maximum atomic E-state index is 11.2. The fourth-order valence-electron chi connectivity index (χ4n) is 1.32. The summed E-state index contributed by atoms with van der Waals surface area (Å²) in [5, 5.41) is 5.77. The van der Waals surface area contributed by atoms with Gasteiger partial charge in [-0.25, -0.2) is 4.79 Å². The zero-order valence-corrected chi connectivity index (χ0v) is 8.84. The summed E-state index contributed by atoms with van der Waals surface area (Å²) in [5.41, 5.74) is 0.385. The number of hydrogen-bond donors (Lipinski definition) is 2. The Morgan fingerprint density at radius 2 is 2.47 bits per heavy atom. The van der Waals surface area contributed by atoms with E-state index in [2.05, 4.69) is 17.2 Å². The highest BCUT2D eigenvalue weighted by atomic mass is 16.5. The van der Waals surface area contributed by atoms with Crippen molar-refractivity contribution in [3.05, 3.63) is 12.2 Å². The molecule has 15 heavy (non-hydrogen) atoms. The van der Waals surface area contributed by atoms with Gasteiger partial charge in [0, 0.05) is 31.1 Å². The Kier molecular flexibility index (Phi) is 4.30. The van der Waals surface area contributed by atoms with E-state index in [0.29, 0.717) is 31.7 Å². The smallest absolute Gasteiger partial charge is 0.334 e. The molecule has 5 nitrogen and oxygen atoms in total. The zero-order chi connectivity index (χ0) is 11.3. The first-order valence-electron chi connectivity index (χ1n) is 4.98. The molecule has 84 valence electrons. The fourth-order valence-corrected chi connectivity index (χ4v) is 1.32. The van der Waals surface area contributed by atoms with Gasteiger partial charge < -0.3 is 15.4 Å². The number of hydrogen-bond acceptors (Lipinski definition) is 4. The molecule has 1 aliphatic heterocycles. The molecule has 0 aromatic rings. The summed E-state index contributed by atoms with van der Waals surface area (Å²) in [6, 6.07) is 0.0867. The lowest BCUT2D eigenvalue weighted by atomic mass is 10.2. The van der Waals surface area contributed by atoms with Crippen LogP contribution >= 0.6 is 0 Å². The molecule has 0 saturated carbocycles. The summed E-state index contributed by atoms with van der Waals surface area (Å²) < 4.78 is 4.78. The van der Waals surface area contributed by atoms with E-state index >= 15 is 0 Å². The molecular weight excluding hydrogens is 196 g/mol. The van der Waals surface area contributed by atoms with Gasteiger partial charge in [0.1, 0.15) is 0 Å². The SMILES string of the molecule is C=C(CNC1CNC(=O)C1)C(=O)OCC. The van der Waals surface area contributed by atoms with Crippen LogP contribution in [0.2, 0.25) is 0 Å². The third-order valence-electron chi connectivity index (χ3n) is 2.15. The van der Waals surface area contributed by atoms with Gasteiger partial charge in [0.25, 0.3) is 0 Å². The molecule has 0 aromatic heterocycles. The van der Waals surface area contributed by atoms with E-state index in [9.17, 15) is 9.59 Å². The van der Waals surface area contributed by atoms with E-state index in [-0.39, 0.29) is 17.9 Å². The molecule has 1 amide bonds. The second-order valence-electron chi connectivity index (χ2n) is 3.41. The van der Waals surface area contributed by atoms with Crippen molar-refractivity contribution in [2.75, 3.05) is 19.7 Å². The van der Waals surface area contributed by atoms with Crippen LogP contribution in [0.4, 0.5) is 0 Å². The van der Waals surface area contributed by atoms with Crippen LogP contribution in [0.15, 0.2) is 12.2 Å². The summed E-state index contributed by atoms with van der Waals surface area (Å²) in [4.78, 5) is 22.0. The normalized spacial score (nSPS) is 19.8. The summed E-state index contributed by atoms with van der Waals surface area (Å²) in [6.07, 6.45) is 0.454. The molecule has 1 rings (SSSR count). The molecule has 1 unspecified atom stereocenters. The quantitative estimate of drug-likeness (QED) is 0.480. The minimum absolute atomic E-state index is 0.0363. The fraction of sp³-hybridized carbons (Fsp3) is 0.600. The number of carbonyl (C=O) groups is 2.